The zero-order valence-electron chi connectivity index (χ0n) is 15.9. The normalized spacial score (nSPS) is 10.6. The lowest BCUT2D eigenvalue weighted by molar-refractivity contribution is 0.0848. The lowest BCUT2D eigenvalue weighted by atomic mass is 10.2. The van der Waals surface area contributed by atoms with Gasteiger partial charge in [0.15, 0.2) is 0 Å². The first kappa shape index (κ1) is 19.6. The van der Waals surface area contributed by atoms with Crippen molar-refractivity contribution in [1.82, 2.24) is 15.8 Å². The molecule has 2 aromatic carbocycles. The van der Waals surface area contributed by atoms with Crippen LogP contribution in [0.4, 0.5) is 0 Å². The number of ether oxygens (including phenoxy) is 1. The second-order valence-corrected chi connectivity index (χ2v) is 7.40. The maximum Gasteiger partial charge on any atom is 0.281 e. The Morgan fingerprint density at radius 1 is 0.964 bits per heavy atom. The molecule has 0 aliphatic carbocycles. The fraction of sp³-hybridized carbons (Fsp3) is 0.190. The van der Waals surface area contributed by atoms with Crippen LogP contribution < -0.4 is 15.6 Å². The molecule has 1 heterocycles. The average Bonchev–Trinajstić information content (AvgIpc) is 3.08. The van der Waals surface area contributed by atoms with Crippen LogP contribution in [0.1, 0.15) is 39.6 Å². The monoisotopic (exact) mass is 395 g/mol. The second kappa shape index (κ2) is 8.67. The average molecular weight is 395 g/mol. The highest BCUT2D eigenvalue weighted by Crippen LogP contribution is 2.27. The number of nitrogens with zero attached hydrogens (tertiary/aromatic N) is 1. The zero-order chi connectivity index (χ0) is 20.1. The number of carbonyl (C=O) groups excluding carboxylic acids is 2. The Kier molecular flexibility index (Phi) is 6.06. The smallest absolute Gasteiger partial charge is 0.281 e. The van der Waals surface area contributed by atoms with E-state index < -0.39 is 11.8 Å². The van der Waals surface area contributed by atoms with Gasteiger partial charge in [0.05, 0.1) is 11.8 Å². The molecular weight excluding hydrogens is 374 g/mol. The molecule has 7 heteroatoms. The van der Waals surface area contributed by atoms with E-state index in [9.17, 15) is 9.59 Å². The predicted octanol–water partition coefficient (Wildman–Crippen LogP) is 3.98. The fourth-order valence-electron chi connectivity index (χ4n) is 2.51. The van der Waals surface area contributed by atoms with Crippen molar-refractivity contribution in [3.8, 4) is 16.3 Å². The van der Waals surface area contributed by atoms with Crippen LogP contribution in [0, 0.1) is 6.92 Å². The molecule has 0 radical (unpaired) electrons. The molecule has 3 aromatic rings. The Morgan fingerprint density at radius 3 is 2.25 bits per heavy atom. The molecule has 28 heavy (non-hydrogen) atoms. The Hall–Kier alpha value is -3.19. The van der Waals surface area contributed by atoms with Gasteiger partial charge in [0, 0.05) is 11.1 Å². The summed E-state index contributed by atoms with van der Waals surface area (Å²) in [6.45, 7) is 5.63. The van der Waals surface area contributed by atoms with E-state index in [2.05, 4.69) is 15.8 Å². The molecule has 0 atom stereocenters. The number of amides is 2. The minimum atomic E-state index is -0.408. The van der Waals surface area contributed by atoms with Crippen molar-refractivity contribution < 1.29 is 14.3 Å². The Bertz CT molecular complexity index is 966. The van der Waals surface area contributed by atoms with Crippen LogP contribution in [0.15, 0.2) is 54.6 Å². The van der Waals surface area contributed by atoms with E-state index in [1.54, 1.807) is 31.2 Å². The number of thiazole rings is 1. The van der Waals surface area contributed by atoms with Crippen molar-refractivity contribution in [3.63, 3.8) is 0 Å². The van der Waals surface area contributed by atoms with Crippen LogP contribution in [0.5, 0.6) is 5.75 Å². The third-order valence-electron chi connectivity index (χ3n) is 3.80. The maximum absolute atomic E-state index is 12.4. The highest BCUT2D eigenvalue weighted by molar-refractivity contribution is 7.17. The van der Waals surface area contributed by atoms with Gasteiger partial charge < -0.3 is 4.74 Å². The maximum atomic E-state index is 12.4. The van der Waals surface area contributed by atoms with E-state index >= 15 is 0 Å². The summed E-state index contributed by atoms with van der Waals surface area (Å²) >= 11 is 1.28. The zero-order valence-corrected chi connectivity index (χ0v) is 16.7. The quantitative estimate of drug-likeness (QED) is 0.641. The van der Waals surface area contributed by atoms with E-state index in [1.807, 2.05) is 44.2 Å². The number of benzene rings is 2. The van der Waals surface area contributed by atoms with Crippen LogP contribution in [0.2, 0.25) is 0 Å². The molecule has 3 rings (SSSR count). The van der Waals surface area contributed by atoms with Gasteiger partial charge in [-0.25, -0.2) is 4.98 Å². The minimum Gasteiger partial charge on any atom is -0.491 e. The number of nitrogens with one attached hydrogen (secondary N) is 2. The fourth-order valence-corrected chi connectivity index (χ4v) is 3.48. The molecule has 0 bridgehead atoms. The van der Waals surface area contributed by atoms with Gasteiger partial charge in [-0.3, -0.25) is 20.4 Å². The summed E-state index contributed by atoms with van der Waals surface area (Å²) in [7, 11) is 0. The van der Waals surface area contributed by atoms with Crippen molar-refractivity contribution in [2.24, 2.45) is 0 Å². The van der Waals surface area contributed by atoms with Gasteiger partial charge in [0.25, 0.3) is 11.8 Å². The lowest BCUT2D eigenvalue weighted by Gasteiger charge is -2.10. The van der Waals surface area contributed by atoms with Crippen LogP contribution in [0.3, 0.4) is 0 Å². The largest absolute Gasteiger partial charge is 0.491 e. The van der Waals surface area contributed by atoms with Gasteiger partial charge >= 0.3 is 0 Å². The van der Waals surface area contributed by atoms with E-state index in [-0.39, 0.29) is 6.10 Å². The van der Waals surface area contributed by atoms with Gasteiger partial charge in [-0.1, -0.05) is 30.3 Å². The van der Waals surface area contributed by atoms with E-state index in [4.69, 9.17) is 4.74 Å². The third-order valence-corrected chi connectivity index (χ3v) is 5.01. The molecule has 0 spiro atoms. The summed E-state index contributed by atoms with van der Waals surface area (Å²) in [6.07, 6.45) is 0.0578. The third kappa shape index (κ3) is 4.75. The van der Waals surface area contributed by atoms with Gasteiger partial charge in [0.2, 0.25) is 0 Å². The molecule has 6 nitrogen and oxygen atoms in total. The van der Waals surface area contributed by atoms with Crippen LogP contribution in [-0.2, 0) is 0 Å². The minimum absolute atomic E-state index is 0.0578. The first-order valence-corrected chi connectivity index (χ1v) is 9.66. The topological polar surface area (TPSA) is 80.3 Å². The first-order valence-electron chi connectivity index (χ1n) is 8.84. The molecule has 144 valence electrons. The summed E-state index contributed by atoms with van der Waals surface area (Å²) in [4.78, 5) is 29.6. The molecule has 0 fully saturated rings. The van der Waals surface area contributed by atoms with Gasteiger partial charge in [-0.2, -0.15) is 0 Å². The van der Waals surface area contributed by atoms with Crippen LogP contribution in [-0.4, -0.2) is 22.9 Å². The second-order valence-electron chi connectivity index (χ2n) is 6.40. The molecule has 2 N–H and O–H groups in total. The van der Waals surface area contributed by atoms with Gasteiger partial charge in [-0.15, -0.1) is 11.3 Å². The summed E-state index contributed by atoms with van der Waals surface area (Å²) < 4.78 is 5.55. The molecule has 0 aliphatic heterocycles. The molecular formula is C21H21N3O3S. The molecule has 0 saturated carbocycles. The number of aromatic nitrogens is 1. The molecule has 0 aliphatic rings. The van der Waals surface area contributed by atoms with E-state index in [0.29, 0.717) is 21.9 Å². The van der Waals surface area contributed by atoms with Crippen molar-refractivity contribution >= 4 is 23.2 Å². The summed E-state index contributed by atoms with van der Waals surface area (Å²) in [6, 6.07) is 16.4. The van der Waals surface area contributed by atoms with Crippen molar-refractivity contribution in [1.29, 1.82) is 0 Å². The number of carbonyl (C=O) groups is 2. The molecule has 0 saturated heterocycles. The number of hydrogen-bond donors (Lipinski definition) is 2. The van der Waals surface area contributed by atoms with Crippen LogP contribution >= 0.6 is 11.3 Å². The van der Waals surface area contributed by atoms with E-state index in [1.165, 1.54) is 11.3 Å². The van der Waals surface area contributed by atoms with Crippen molar-refractivity contribution in [2.75, 3.05) is 0 Å². The summed E-state index contributed by atoms with van der Waals surface area (Å²) in [5.74, 6) is -0.121. The Balaban J connectivity index is 1.62. The number of aryl methyl sites for hydroxylation is 1. The Labute approximate surface area is 167 Å². The standard InChI is InChI=1S/C21H21N3O3S/c1-13(2)27-17-11-9-15(10-12-17)19(25)23-24-20(26)18-14(3)22-21(28-18)16-7-5-4-6-8-16/h4-13H,1-3H3,(H,23,25)(H,24,26). The van der Waals surface area contributed by atoms with Crippen molar-refractivity contribution in [2.45, 2.75) is 26.9 Å². The number of hydrazine groups is 1. The van der Waals surface area contributed by atoms with E-state index in [0.717, 1.165) is 10.6 Å². The number of rotatable bonds is 5. The van der Waals surface area contributed by atoms with Crippen molar-refractivity contribution in [3.05, 3.63) is 70.7 Å². The predicted molar refractivity (Wildman–Crippen MR) is 109 cm³/mol. The highest BCUT2D eigenvalue weighted by Gasteiger charge is 2.17. The number of hydrogen-bond acceptors (Lipinski definition) is 5. The molecule has 0 unspecified atom stereocenters. The Morgan fingerprint density at radius 2 is 1.61 bits per heavy atom. The van der Waals surface area contributed by atoms with Crippen LogP contribution in [0.25, 0.3) is 10.6 Å². The first-order chi connectivity index (χ1) is 13.4. The molecule has 2 amide bonds. The van der Waals surface area contributed by atoms with Gasteiger partial charge in [-0.05, 0) is 45.0 Å². The lowest BCUT2D eigenvalue weighted by Crippen LogP contribution is -2.41. The summed E-state index contributed by atoms with van der Waals surface area (Å²) in [5.41, 5.74) is 6.87. The molecule has 1 aromatic heterocycles. The SMILES string of the molecule is Cc1nc(-c2ccccc2)sc1C(=O)NNC(=O)c1ccc(OC(C)C)cc1. The highest BCUT2D eigenvalue weighted by atomic mass is 32.1. The van der Waals surface area contributed by atoms with Gasteiger partial charge in [0.1, 0.15) is 15.6 Å². The summed E-state index contributed by atoms with van der Waals surface area (Å²) in [5, 5.41) is 0.760.